The fourth-order valence-electron chi connectivity index (χ4n) is 3.97. The predicted octanol–water partition coefficient (Wildman–Crippen LogP) is 5.00. The molecule has 1 saturated heterocycles. The van der Waals surface area contributed by atoms with E-state index in [1.54, 1.807) is 13.8 Å². The molecular formula is C30H39B2NO4. The molecule has 1 fully saturated rings. The molecule has 0 saturated carbocycles. The zero-order valence-corrected chi connectivity index (χ0v) is 23.4. The Morgan fingerprint density at radius 1 is 0.730 bits per heavy atom. The molecule has 0 aromatic heterocycles. The van der Waals surface area contributed by atoms with Crippen LogP contribution in [-0.4, -0.2) is 42.1 Å². The highest BCUT2D eigenvalue weighted by Gasteiger charge is 2.51. The van der Waals surface area contributed by atoms with Crippen molar-refractivity contribution in [3.63, 3.8) is 0 Å². The Hall–Kier alpha value is -2.57. The van der Waals surface area contributed by atoms with E-state index in [0.29, 0.717) is 7.48 Å². The molecule has 4 rings (SSSR count). The first-order valence-electron chi connectivity index (χ1n) is 13.0. The van der Waals surface area contributed by atoms with E-state index in [1.807, 2.05) is 32.0 Å². The van der Waals surface area contributed by atoms with Crippen molar-refractivity contribution < 1.29 is 19.1 Å². The maximum atomic E-state index is 10.4. The molecule has 0 atom stereocenters. The van der Waals surface area contributed by atoms with E-state index in [2.05, 4.69) is 93.3 Å². The monoisotopic (exact) mass is 499 g/mol. The Kier molecular flexibility index (Phi) is 7.39. The van der Waals surface area contributed by atoms with E-state index in [4.69, 9.17) is 14.0 Å². The molecule has 1 aliphatic heterocycles. The van der Waals surface area contributed by atoms with Crippen molar-refractivity contribution in [3.8, 4) is 0 Å². The summed E-state index contributed by atoms with van der Waals surface area (Å²) in [6.45, 7) is 15.6. The molecule has 37 heavy (non-hydrogen) atoms. The number of hydrogen-bond acceptors (Lipinski definition) is 5. The highest BCUT2D eigenvalue weighted by molar-refractivity contribution is 6.62. The second kappa shape index (κ2) is 9.95. The van der Waals surface area contributed by atoms with Crippen molar-refractivity contribution in [1.82, 2.24) is 0 Å². The number of nitrogens with zero attached hydrogens (tertiary/aromatic N) is 1. The lowest BCUT2D eigenvalue weighted by molar-refractivity contribution is -0.0893. The normalized spacial score (nSPS) is 17.1. The van der Waals surface area contributed by atoms with Crippen LogP contribution in [0.15, 0.2) is 78.9 Å². The van der Waals surface area contributed by atoms with Crippen LogP contribution in [0.4, 0.5) is 17.1 Å². The van der Waals surface area contributed by atoms with Crippen LogP contribution in [0, 0.1) is 0 Å². The predicted molar refractivity (Wildman–Crippen MR) is 155 cm³/mol. The molecule has 1 N–H and O–H groups in total. The minimum atomic E-state index is -0.941. The third kappa shape index (κ3) is 5.80. The van der Waals surface area contributed by atoms with Crippen LogP contribution in [0.3, 0.4) is 0 Å². The van der Waals surface area contributed by atoms with E-state index in [-0.39, 0.29) is 11.2 Å². The topological polar surface area (TPSA) is 51.2 Å². The second-order valence-electron chi connectivity index (χ2n) is 11.9. The van der Waals surface area contributed by atoms with Gasteiger partial charge in [0.15, 0.2) is 0 Å². The zero-order chi connectivity index (χ0) is 27.1. The van der Waals surface area contributed by atoms with Gasteiger partial charge in [-0.3, -0.25) is 0 Å². The lowest BCUT2D eigenvalue weighted by Gasteiger charge is -2.37. The van der Waals surface area contributed by atoms with Crippen molar-refractivity contribution >= 4 is 42.6 Å². The summed E-state index contributed by atoms with van der Waals surface area (Å²) in [7, 11) is 0.0300. The van der Waals surface area contributed by atoms with E-state index < -0.39 is 18.3 Å². The van der Waals surface area contributed by atoms with E-state index in [9.17, 15) is 5.11 Å². The van der Waals surface area contributed by atoms with Gasteiger partial charge in [-0.2, -0.15) is 0 Å². The maximum absolute atomic E-state index is 10.4. The fraction of sp³-hybridized carbons (Fsp3) is 0.400. The van der Waals surface area contributed by atoms with Gasteiger partial charge < -0.3 is 24.0 Å². The van der Waals surface area contributed by atoms with Crippen LogP contribution in [0.2, 0.25) is 0 Å². The van der Waals surface area contributed by atoms with Gasteiger partial charge in [0.2, 0.25) is 0 Å². The summed E-state index contributed by atoms with van der Waals surface area (Å²) < 4.78 is 18.5. The highest BCUT2D eigenvalue weighted by atomic mass is 16.7. The molecule has 3 aromatic carbocycles. The molecule has 3 aromatic rings. The van der Waals surface area contributed by atoms with Crippen molar-refractivity contribution in [2.75, 3.05) is 4.90 Å². The summed E-state index contributed by atoms with van der Waals surface area (Å²) in [5.74, 6) is 0. The lowest BCUT2D eigenvalue weighted by Crippen LogP contribution is -2.49. The van der Waals surface area contributed by atoms with Crippen LogP contribution in [0.25, 0.3) is 0 Å². The summed E-state index contributed by atoms with van der Waals surface area (Å²) in [4.78, 5) is 2.22. The largest absolute Gasteiger partial charge is 0.494 e. The van der Waals surface area contributed by atoms with E-state index in [1.165, 1.54) is 0 Å². The minimum Gasteiger partial charge on any atom is -0.427 e. The summed E-state index contributed by atoms with van der Waals surface area (Å²) >= 11 is 0. The highest BCUT2D eigenvalue weighted by Crippen LogP contribution is 2.37. The van der Waals surface area contributed by atoms with Crippen LogP contribution in [-0.2, 0) is 14.0 Å². The van der Waals surface area contributed by atoms with Crippen molar-refractivity contribution in [2.45, 2.75) is 77.8 Å². The quantitative estimate of drug-likeness (QED) is 0.443. The van der Waals surface area contributed by atoms with Crippen molar-refractivity contribution in [3.05, 3.63) is 78.9 Å². The number of para-hydroxylation sites is 1. The number of hydrogen-bond donors (Lipinski definition) is 1. The first-order chi connectivity index (χ1) is 17.2. The summed E-state index contributed by atoms with van der Waals surface area (Å²) in [5.41, 5.74) is 2.84. The molecule has 0 bridgehead atoms. The van der Waals surface area contributed by atoms with Crippen LogP contribution >= 0.6 is 0 Å². The molecule has 194 valence electrons. The molecule has 0 radical (unpaired) electrons. The number of rotatable bonds is 8. The van der Waals surface area contributed by atoms with Gasteiger partial charge in [0, 0.05) is 17.1 Å². The maximum Gasteiger partial charge on any atom is 0.494 e. The average Bonchev–Trinajstić information content (AvgIpc) is 3.06. The Morgan fingerprint density at radius 3 is 1.68 bits per heavy atom. The van der Waals surface area contributed by atoms with Crippen LogP contribution < -0.4 is 15.8 Å². The zero-order valence-electron chi connectivity index (χ0n) is 23.4. The third-order valence-corrected chi connectivity index (χ3v) is 7.96. The van der Waals surface area contributed by atoms with Gasteiger partial charge >= 0.3 is 14.6 Å². The summed E-state index contributed by atoms with van der Waals surface area (Å²) in [5, 5.41) is 10.4. The fourth-order valence-corrected chi connectivity index (χ4v) is 3.97. The summed E-state index contributed by atoms with van der Waals surface area (Å²) in [6.07, 6.45) is 0. The molecule has 0 aliphatic carbocycles. The molecule has 7 heteroatoms. The number of aliphatic hydroxyl groups is 1. The number of anilines is 3. The van der Waals surface area contributed by atoms with Gasteiger partial charge in [-0.1, -0.05) is 47.9 Å². The van der Waals surface area contributed by atoms with Crippen LogP contribution in [0.1, 0.15) is 55.4 Å². The standard InChI is InChI=1S/C30H39B2NO4/c1-27(2,34)28(3,4)35-31-22-14-18-25(19-15-22)33(24-12-10-9-11-13-24)26-20-16-23(17-21-26)32-36-29(5,6)30(7,8)37-32/h9-21,31,34H,1-8H3. The molecule has 1 heterocycles. The van der Waals surface area contributed by atoms with Gasteiger partial charge in [-0.25, -0.2) is 0 Å². The smallest absolute Gasteiger partial charge is 0.427 e. The average molecular weight is 499 g/mol. The molecule has 0 spiro atoms. The first kappa shape index (κ1) is 27.5. The second-order valence-corrected chi connectivity index (χ2v) is 11.9. The Balaban J connectivity index is 1.58. The Bertz CT molecular complexity index is 1170. The minimum absolute atomic E-state index is 0.375. The SMILES string of the molecule is CC(C)(O)C(C)(C)OBc1ccc(N(c2ccccc2)c2ccc(B3OC(C)(C)C(C)(C)O3)cc2)cc1. The van der Waals surface area contributed by atoms with Gasteiger partial charge in [-0.15, -0.1) is 0 Å². The van der Waals surface area contributed by atoms with Crippen molar-refractivity contribution in [2.24, 2.45) is 0 Å². The molecule has 0 amide bonds. The lowest BCUT2D eigenvalue weighted by atomic mass is 9.79. The van der Waals surface area contributed by atoms with Gasteiger partial charge in [0.05, 0.1) is 22.4 Å². The molecule has 1 aliphatic rings. The number of benzene rings is 3. The van der Waals surface area contributed by atoms with Crippen LogP contribution in [0.5, 0.6) is 0 Å². The third-order valence-electron chi connectivity index (χ3n) is 7.96. The Labute approximate surface area is 223 Å². The van der Waals surface area contributed by atoms with E-state index >= 15 is 0 Å². The van der Waals surface area contributed by atoms with Gasteiger partial charge in [0.1, 0.15) is 0 Å². The summed E-state index contributed by atoms with van der Waals surface area (Å²) in [6, 6.07) is 27.0. The van der Waals surface area contributed by atoms with Crippen molar-refractivity contribution in [1.29, 1.82) is 0 Å². The Morgan fingerprint density at radius 2 is 1.19 bits per heavy atom. The van der Waals surface area contributed by atoms with Gasteiger partial charge in [-0.05, 0) is 97.3 Å². The molecule has 0 unspecified atom stereocenters. The van der Waals surface area contributed by atoms with E-state index in [0.717, 1.165) is 28.0 Å². The molecular weight excluding hydrogens is 460 g/mol. The molecule has 5 nitrogen and oxygen atoms in total. The van der Waals surface area contributed by atoms with Gasteiger partial charge in [0.25, 0.3) is 0 Å². The first-order valence-corrected chi connectivity index (χ1v) is 13.0.